The molecule has 1 amide bonds. The molecule has 0 aliphatic heterocycles. The Morgan fingerprint density at radius 3 is 2.60 bits per heavy atom. The van der Waals surface area contributed by atoms with Crippen molar-refractivity contribution >= 4 is 34.7 Å². The summed E-state index contributed by atoms with van der Waals surface area (Å²) in [5.74, 6) is -1.53. The number of carboxylic acid groups (broad SMARTS) is 1. The Labute approximate surface area is 169 Å². The predicted molar refractivity (Wildman–Crippen MR) is 106 cm³/mol. The Morgan fingerprint density at radius 1 is 1.17 bits per heavy atom. The standard InChI is InChI=1S/C19H17N7O4/c1-19(17(28)29,11-6-3-2-4-7-11)26-15-12(10-21-26)14(22-18(20)23-15)24-25-16(27)13-8-5-9-30-13/h2-10H,1H3,(H,25,27)(H,28,29)(H3,20,22,23,24)/t19-/m1/s1. The van der Waals surface area contributed by atoms with Gasteiger partial charge >= 0.3 is 11.9 Å². The first kappa shape index (κ1) is 18.9. The zero-order valence-electron chi connectivity index (χ0n) is 15.7. The number of amides is 1. The third kappa shape index (κ3) is 3.07. The fourth-order valence-corrected chi connectivity index (χ4v) is 3.03. The van der Waals surface area contributed by atoms with Crippen LogP contribution in [-0.2, 0) is 10.3 Å². The van der Waals surface area contributed by atoms with E-state index >= 15 is 0 Å². The van der Waals surface area contributed by atoms with Gasteiger partial charge in [-0.05, 0) is 24.6 Å². The van der Waals surface area contributed by atoms with E-state index in [0.29, 0.717) is 10.9 Å². The quantitative estimate of drug-likeness (QED) is 0.348. The van der Waals surface area contributed by atoms with Gasteiger partial charge in [0.25, 0.3) is 0 Å². The molecule has 4 rings (SSSR count). The van der Waals surface area contributed by atoms with Crippen LogP contribution in [0.1, 0.15) is 23.0 Å². The number of anilines is 2. The van der Waals surface area contributed by atoms with Gasteiger partial charge in [0.05, 0.1) is 17.8 Å². The minimum atomic E-state index is -1.56. The molecule has 0 saturated heterocycles. The lowest BCUT2D eigenvalue weighted by molar-refractivity contribution is -0.144. The maximum atomic E-state index is 12.3. The Bertz CT molecular complexity index is 1220. The van der Waals surface area contributed by atoms with Gasteiger partial charge in [0.15, 0.2) is 22.8 Å². The molecule has 1 atom stereocenters. The summed E-state index contributed by atoms with van der Waals surface area (Å²) in [4.78, 5) is 32.6. The van der Waals surface area contributed by atoms with Crippen molar-refractivity contribution in [1.82, 2.24) is 25.2 Å². The summed E-state index contributed by atoms with van der Waals surface area (Å²) in [5, 5.41) is 14.6. The first-order chi connectivity index (χ1) is 14.4. The number of benzene rings is 1. The van der Waals surface area contributed by atoms with Crippen LogP contribution in [0.5, 0.6) is 0 Å². The molecule has 0 aliphatic carbocycles. The van der Waals surface area contributed by atoms with Crippen LogP contribution in [0.25, 0.3) is 11.0 Å². The third-order valence-corrected chi connectivity index (χ3v) is 4.66. The molecular formula is C19H17N7O4. The van der Waals surface area contributed by atoms with Gasteiger partial charge in [-0.3, -0.25) is 15.6 Å². The molecular weight excluding hydrogens is 390 g/mol. The number of furan rings is 1. The van der Waals surface area contributed by atoms with Crippen LogP contribution in [0.4, 0.5) is 11.8 Å². The van der Waals surface area contributed by atoms with E-state index in [-0.39, 0.29) is 23.2 Å². The average Bonchev–Trinajstić information content (AvgIpc) is 3.42. The minimum absolute atomic E-state index is 0.0963. The monoisotopic (exact) mass is 407 g/mol. The lowest BCUT2D eigenvalue weighted by atomic mass is 9.92. The Morgan fingerprint density at radius 2 is 1.93 bits per heavy atom. The summed E-state index contributed by atoms with van der Waals surface area (Å²) in [6.45, 7) is 1.52. The smallest absolute Gasteiger partial charge is 0.336 e. The van der Waals surface area contributed by atoms with Gasteiger partial charge < -0.3 is 15.3 Å². The van der Waals surface area contributed by atoms with Crippen molar-refractivity contribution in [2.75, 3.05) is 11.2 Å². The van der Waals surface area contributed by atoms with Gasteiger partial charge in [-0.25, -0.2) is 9.48 Å². The highest BCUT2D eigenvalue weighted by Crippen LogP contribution is 2.31. The molecule has 0 spiro atoms. The van der Waals surface area contributed by atoms with E-state index in [4.69, 9.17) is 10.2 Å². The van der Waals surface area contributed by atoms with Crippen LogP contribution in [0.3, 0.4) is 0 Å². The summed E-state index contributed by atoms with van der Waals surface area (Å²) in [7, 11) is 0. The minimum Gasteiger partial charge on any atom is -0.479 e. The summed E-state index contributed by atoms with van der Waals surface area (Å²) >= 11 is 0. The summed E-state index contributed by atoms with van der Waals surface area (Å²) in [6.07, 6.45) is 2.77. The van der Waals surface area contributed by atoms with Crippen molar-refractivity contribution in [2.45, 2.75) is 12.5 Å². The molecule has 0 bridgehead atoms. The first-order valence-electron chi connectivity index (χ1n) is 8.81. The van der Waals surface area contributed by atoms with Crippen molar-refractivity contribution in [3.63, 3.8) is 0 Å². The second kappa shape index (κ2) is 7.20. The van der Waals surface area contributed by atoms with Crippen LogP contribution in [0, 0.1) is 0 Å². The SMILES string of the molecule is C[C@](C(=O)O)(c1ccccc1)n1ncc2c(NNC(=O)c3ccco3)nc(N)nc21. The molecule has 0 aliphatic rings. The molecule has 0 fully saturated rings. The Hall–Kier alpha value is -4.41. The molecule has 0 saturated carbocycles. The van der Waals surface area contributed by atoms with E-state index in [1.807, 2.05) is 0 Å². The number of hydrogen-bond donors (Lipinski definition) is 4. The van der Waals surface area contributed by atoms with E-state index < -0.39 is 17.4 Å². The van der Waals surface area contributed by atoms with Crippen LogP contribution in [0.2, 0.25) is 0 Å². The van der Waals surface area contributed by atoms with E-state index in [9.17, 15) is 14.7 Å². The number of aliphatic carboxylic acids is 1. The second-order valence-corrected chi connectivity index (χ2v) is 6.52. The number of aromatic nitrogens is 4. The number of nitrogens with two attached hydrogens (primary N) is 1. The number of nitrogens with zero attached hydrogens (tertiary/aromatic N) is 4. The van der Waals surface area contributed by atoms with Gasteiger partial charge in [0.2, 0.25) is 5.95 Å². The molecule has 0 radical (unpaired) electrons. The van der Waals surface area contributed by atoms with Crippen LogP contribution >= 0.6 is 0 Å². The number of carboxylic acids is 1. The Balaban J connectivity index is 1.76. The van der Waals surface area contributed by atoms with Gasteiger partial charge in [0, 0.05) is 0 Å². The molecule has 3 heterocycles. The van der Waals surface area contributed by atoms with Crippen molar-refractivity contribution < 1.29 is 19.1 Å². The molecule has 11 heteroatoms. The normalized spacial score (nSPS) is 13.0. The number of nitrogens with one attached hydrogen (secondary N) is 2. The third-order valence-electron chi connectivity index (χ3n) is 4.66. The molecule has 30 heavy (non-hydrogen) atoms. The fraction of sp³-hybridized carbons (Fsp3) is 0.105. The van der Waals surface area contributed by atoms with Gasteiger partial charge in [-0.15, -0.1) is 0 Å². The summed E-state index contributed by atoms with van der Waals surface area (Å²) in [5.41, 5.74) is 10.1. The maximum Gasteiger partial charge on any atom is 0.336 e. The topological polar surface area (TPSA) is 161 Å². The van der Waals surface area contributed by atoms with E-state index in [1.54, 1.807) is 36.4 Å². The predicted octanol–water partition coefficient (Wildman–Crippen LogP) is 1.61. The van der Waals surface area contributed by atoms with Crippen LogP contribution < -0.4 is 16.6 Å². The Kier molecular flexibility index (Phi) is 4.54. The highest BCUT2D eigenvalue weighted by molar-refractivity contribution is 5.94. The van der Waals surface area contributed by atoms with Crippen LogP contribution in [0.15, 0.2) is 59.3 Å². The largest absolute Gasteiger partial charge is 0.479 e. The van der Waals surface area contributed by atoms with E-state index in [1.165, 1.54) is 30.1 Å². The lowest BCUT2D eigenvalue weighted by Crippen LogP contribution is -2.41. The molecule has 3 aromatic heterocycles. The molecule has 4 aromatic rings. The van der Waals surface area contributed by atoms with Crippen molar-refractivity contribution in [1.29, 1.82) is 0 Å². The number of fused-ring (bicyclic) bond motifs is 1. The molecule has 1 aromatic carbocycles. The van der Waals surface area contributed by atoms with E-state index in [2.05, 4.69) is 25.9 Å². The zero-order valence-corrected chi connectivity index (χ0v) is 15.7. The van der Waals surface area contributed by atoms with Gasteiger partial charge in [-0.2, -0.15) is 15.1 Å². The van der Waals surface area contributed by atoms with Gasteiger partial charge in [-0.1, -0.05) is 30.3 Å². The average molecular weight is 407 g/mol. The highest BCUT2D eigenvalue weighted by Gasteiger charge is 2.40. The second-order valence-electron chi connectivity index (χ2n) is 6.52. The number of rotatable bonds is 6. The van der Waals surface area contributed by atoms with Crippen molar-refractivity contribution in [3.05, 3.63) is 66.2 Å². The van der Waals surface area contributed by atoms with E-state index in [0.717, 1.165) is 0 Å². The van der Waals surface area contributed by atoms with Gasteiger partial charge in [0.1, 0.15) is 0 Å². The molecule has 11 nitrogen and oxygen atoms in total. The summed E-state index contributed by atoms with van der Waals surface area (Å²) in [6, 6.07) is 11.7. The van der Waals surface area contributed by atoms with Crippen molar-refractivity contribution in [2.24, 2.45) is 0 Å². The number of hydrogen-bond acceptors (Lipinski definition) is 8. The number of carbonyl (C=O) groups is 2. The molecule has 152 valence electrons. The van der Waals surface area contributed by atoms with Crippen LogP contribution in [-0.4, -0.2) is 36.7 Å². The first-order valence-corrected chi connectivity index (χ1v) is 8.81. The lowest BCUT2D eigenvalue weighted by Gasteiger charge is -2.26. The zero-order chi connectivity index (χ0) is 21.3. The molecule has 0 unspecified atom stereocenters. The van der Waals surface area contributed by atoms with Crippen molar-refractivity contribution in [3.8, 4) is 0 Å². The summed E-state index contributed by atoms with van der Waals surface area (Å²) < 4.78 is 6.29. The number of nitrogen functional groups attached to an aromatic ring is 1. The number of hydrazine groups is 1. The molecule has 5 N–H and O–H groups in total. The number of carbonyl (C=O) groups excluding carboxylic acids is 1. The fourth-order valence-electron chi connectivity index (χ4n) is 3.03. The highest BCUT2D eigenvalue weighted by atomic mass is 16.4. The maximum absolute atomic E-state index is 12.3.